The zero-order valence-electron chi connectivity index (χ0n) is 18.9. The van der Waals surface area contributed by atoms with Crippen molar-refractivity contribution in [1.82, 2.24) is 10.2 Å². The first-order valence-electron chi connectivity index (χ1n) is 11.2. The highest BCUT2D eigenvalue weighted by molar-refractivity contribution is 5.84. The Morgan fingerprint density at radius 3 is 2.32 bits per heavy atom. The summed E-state index contributed by atoms with van der Waals surface area (Å²) in [6, 6.07) is 15.5. The molecule has 2 unspecified atom stereocenters. The Hall–Kier alpha value is -3.43. The first-order chi connectivity index (χ1) is 16.5. The number of alkyl carbamates (subject to hydrolysis) is 1. The van der Waals surface area contributed by atoms with Crippen LogP contribution >= 0.6 is 0 Å². The third kappa shape index (κ3) is 5.05. The minimum atomic E-state index is -1.12. The minimum absolute atomic E-state index is 0.0736. The van der Waals surface area contributed by atoms with Gasteiger partial charge in [0.1, 0.15) is 13.2 Å². The first kappa shape index (κ1) is 23.7. The van der Waals surface area contributed by atoms with Gasteiger partial charge in [0.05, 0.1) is 31.8 Å². The van der Waals surface area contributed by atoms with Crippen LogP contribution < -0.4 is 5.32 Å². The van der Waals surface area contributed by atoms with Crippen molar-refractivity contribution in [2.75, 3.05) is 46.6 Å². The predicted octanol–water partition coefficient (Wildman–Crippen LogP) is 2.10. The van der Waals surface area contributed by atoms with Crippen molar-refractivity contribution < 1.29 is 33.7 Å². The molecule has 1 saturated heterocycles. The summed E-state index contributed by atoms with van der Waals surface area (Å²) in [5.74, 6) is -2.29. The number of nitrogens with zero attached hydrogens (tertiary/aromatic N) is 1. The molecule has 34 heavy (non-hydrogen) atoms. The van der Waals surface area contributed by atoms with Gasteiger partial charge in [0.25, 0.3) is 0 Å². The van der Waals surface area contributed by atoms with Crippen molar-refractivity contribution >= 4 is 18.0 Å². The zero-order valence-corrected chi connectivity index (χ0v) is 18.9. The van der Waals surface area contributed by atoms with Crippen LogP contribution in [0.3, 0.4) is 0 Å². The molecule has 2 amide bonds. The highest BCUT2D eigenvalue weighted by atomic mass is 16.5. The molecule has 0 spiro atoms. The van der Waals surface area contributed by atoms with Gasteiger partial charge in [0.15, 0.2) is 0 Å². The van der Waals surface area contributed by atoms with Crippen LogP contribution in [0.2, 0.25) is 0 Å². The lowest BCUT2D eigenvalue weighted by atomic mass is 9.98. The van der Waals surface area contributed by atoms with Gasteiger partial charge < -0.3 is 29.5 Å². The van der Waals surface area contributed by atoms with Gasteiger partial charge in [-0.1, -0.05) is 48.5 Å². The number of amides is 2. The van der Waals surface area contributed by atoms with Crippen LogP contribution in [0, 0.1) is 5.92 Å². The van der Waals surface area contributed by atoms with E-state index >= 15 is 0 Å². The molecule has 180 valence electrons. The fraction of sp³-hybridized carbons (Fsp3) is 0.400. The number of carboxylic acid groups (broad SMARTS) is 1. The lowest BCUT2D eigenvalue weighted by molar-refractivity contribution is -0.147. The van der Waals surface area contributed by atoms with Gasteiger partial charge in [-0.2, -0.15) is 0 Å². The third-order valence-corrected chi connectivity index (χ3v) is 6.25. The van der Waals surface area contributed by atoms with Crippen LogP contribution in [0.1, 0.15) is 17.0 Å². The van der Waals surface area contributed by atoms with E-state index in [1.807, 2.05) is 36.4 Å². The van der Waals surface area contributed by atoms with E-state index in [2.05, 4.69) is 17.4 Å². The van der Waals surface area contributed by atoms with Gasteiger partial charge in [-0.3, -0.25) is 9.59 Å². The molecule has 1 aliphatic heterocycles. The second-order valence-electron chi connectivity index (χ2n) is 8.37. The number of fused-ring (bicyclic) bond motifs is 3. The standard InChI is InChI=1S/C25H28N2O7/c1-32-11-10-27(12-23(28)29)24(30)21-13-33-15-22(21)26-25(31)34-14-20-18-8-4-2-6-16(18)17-7-3-5-9-19(17)20/h2-9,20-22H,10-15H2,1H3,(H,26,31)(H,28,29). The molecule has 0 radical (unpaired) electrons. The van der Waals surface area contributed by atoms with Crippen molar-refractivity contribution in [1.29, 1.82) is 0 Å². The fourth-order valence-corrected chi connectivity index (χ4v) is 4.60. The van der Waals surface area contributed by atoms with E-state index in [0.717, 1.165) is 22.3 Å². The summed E-state index contributed by atoms with van der Waals surface area (Å²) in [6.07, 6.45) is -0.642. The van der Waals surface area contributed by atoms with E-state index < -0.39 is 36.5 Å². The summed E-state index contributed by atoms with van der Waals surface area (Å²) in [6.45, 7) is 0.288. The molecule has 2 aliphatic rings. The van der Waals surface area contributed by atoms with Crippen molar-refractivity contribution in [3.05, 3.63) is 59.7 Å². The number of benzene rings is 2. The number of rotatable bonds is 9. The number of hydrogen-bond acceptors (Lipinski definition) is 6. The Balaban J connectivity index is 1.38. The van der Waals surface area contributed by atoms with Gasteiger partial charge in [-0.05, 0) is 22.3 Å². The minimum Gasteiger partial charge on any atom is -0.480 e. The average molecular weight is 469 g/mol. The Morgan fingerprint density at radius 2 is 1.71 bits per heavy atom. The van der Waals surface area contributed by atoms with E-state index in [-0.39, 0.29) is 38.9 Å². The van der Waals surface area contributed by atoms with Crippen LogP contribution in [-0.2, 0) is 23.8 Å². The topological polar surface area (TPSA) is 114 Å². The van der Waals surface area contributed by atoms with E-state index in [9.17, 15) is 14.4 Å². The van der Waals surface area contributed by atoms with Crippen LogP contribution in [0.4, 0.5) is 4.79 Å². The summed E-state index contributed by atoms with van der Waals surface area (Å²) in [4.78, 5) is 38.0. The molecule has 4 rings (SSSR count). The van der Waals surface area contributed by atoms with Gasteiger partial charge in [0.2, 0.25) is 5.91 Å². The molecule has 2 aromatic rings. The summed E-state index contributed by atoms with van der Waals surface area (Å²) in [7, 11) is 1.48. The molecule has 0 saturated carbocycles. The smallest absolute Gasteiger partial charge is 0.407 e. The molecule has 2 N–H and O–H groups in total. The predicted molar refractivity (Wildman–Crippen MR) is 122 cm³/mol. The van der Waals surface area contributed by atoms with Crippen LogP contribution in [0.15, 0.2) is 48.5 Å². The normalized spacial score (nSPS) is 18.7. The van der Waals surface area contributed by atoms with E-state index in [1.54, 1.807) is 0 Å². The highest BCUT2D eigenvalue weighted by Crippen LogP contribution is 2.44. The Morgan fingerprint density at radius 1 is 1.06 bits per heavy atom. The first-order valence-corrected chi connectivity index (χ1v) is 11.2. The fourth-order valence-electron chi connectivity index (χ4n) is 4.60. The van der Waals surface area contributed by atoms with E-state index in [1.165, 1.54) is 12.0 Å². The molecule has 1 fully saturated rings. The number of carboxylic acids is 1. The maximum Gasteiger partial charge on any atom is 0.407 e. The lowest BCUT2D eigenvalue weighted by Gasteiger charge is -2.26. The van der Waals surface area contributed by atoms with Crippen molar-refractivity contribution in [2.45, 2.75) is 12.0 Å². The molecule has 2 aromatic carbocycles. The average Bonchev–Trinajstić information content (AvgIpc) is 3.42. The zero-order chi connectivity index (χ0) is 24.1. The largest absolute Gasteiger partial charge is 0.480 e. The maximum atomic E-state index is 13.0. The van der Waals surface area contributed by atoms with Gasteiger partial charge >= 0.3 is 12.1 Å². The summed E-state index contributed by atoms with van der Waals surface area (Å²) < 4.78 is 16.0. The van der Waals surface area contributed by atoms with Crippen LogP contribution in [0.5, 0.6) is 0 Å². The molecule has 9 heteroatoms. The molecular weight excluding hydrogens is 440 g/mol. The van der Waals surface area contributed by atoms with Crippen molar-refractivity contribution in [2.24, 2.45) is 5.92 Å². The molecule has 2 atom stereocenters. The second kappa shape index (κ2) is 10.7. The molecule has 1 aliphatic carbocycles. The Kier molecular flexibility index (Phi) is 7.44. The summed E-state index contributed by atoms with van der Waals surface area (Å²) >= 11 is 0. The summed E-state index contributed by atoms with van der Waals surface area (Å²) in [5, 5.41) is 11.9. The van der Waals surface area contributed by atoms with Crippen molar-refractivity contribution in [3.8, 4) is 11.1 Å². The molecule has 1 heterocycles. The number of methoxy groups -OCH3 is 1. The second-order valence-corrected chi connectivity index (χ2v) is 8.37. The van der Waals surface area contributed by atoms with Gasteiger partial charge in [0, 0.05) is 19.6 Å². The molecule has 0 bridgehead atoms. The number of hydrogen-bond donors (Lipinski definition) is 2. The number of carbonyl (C=O) groups excluding carboxylic acids is 2. The molecule has 0 aromatic heterocycles. The number of ether oxygens (including phenoxy) is 3. The quantitative estimate of drug-likeness (QED) is 0.579. The van der Waals surface area contributed by atoms with Crippen LogP contribution in [-0.4, -0.2) is 80.6 Å². The summed E-state index contributed by atoms with van der Waals surface area (Å²) in [5.41, 5.74) is 4.49. The van der Waals surface area contributed by atoms with Crippen molar-refractivity contribution in [3.63, 3.8) is 0 Å². The number of aliphatic carboxylic acids is 1. The molecule has 9 nitrogen and oxygen atoms in total. The lowest BCUT2D eigenvalue weighted by Crippen LogP contribution is -2.49. The monoisotopic (exact) mass is 468 g/mol. The SMILES string of the molecule is COCCN(CC(=O)O)C(=O)C1COCC1NC(=O)OCC1c2ccccc2-c2ccccc21. The maximum absolute atomic E-state index is 13.0. The molecular formula is C25H28N2O7. The van der Waals surface area contributed by atoms with E-state index in [0.29, 0.717) is 0 Å². The number of carbonyl (C=O) groups is 3. The Bertz CT molecular complexity index is 1010. The van der Waals surface area contributed by atoms with Gasteiger partial charge in [-0.25, -0.2) is 4.79 Å². The highest BCUT2D eigenvalue weighted by Gasteiger charge is 2.38. The van der Waals surface area contributed by atoms with Crippen LogP contribution in [0.25, 0.3) is 11.1 Å². The Labute approximate surface area is 197 Å². The third-order valence-electron chi connectivity index (χ3n) is 6.25. The van der Waals surface area contributed by atoms with Gasteiger partial charge in [-0.15, -0.1) is 0 Å². The number of nitrogens with one attached hydrogen (secondary N) is 1. The van der Waals surface area contributed by atoms with E-state index in [4.69, 9.17) is 19.3 Å².